The lowest BCUT2D eigenvalue weighted by atomic mass is 10.1. The number of methoxy groups -OCH3 is 1. The van der Waals surface area contributed by atoms with Crippen molar-refractivity contribution in [1.29, 1.82) is 0 Å². The predicted molar refractivity (Wildman–Crippen MR) is 129 cm³/mol. The highest BCUT2D eigenvalue weighted by Crippen LogP contribution is 2.26. The Hall–Kier alpha value is -3.48. The molecular weight excluding hydrogens is 400 g/mol. The van der Waals surface area contributed by atoms with Crippen molar-refractivity contribution in [2.45, 2.75) is 19.5 Å². The molecule has 32 heavy (non-hydrogen) atoms. The first-order valence-electron chi connectivity index (χ1n) is 11.1. The van der Waals surface area contributed by atoms with Crippen LogP contribution in [0, 0.1) is 5.92 Å². The normalized spacial score (nSPS) is 16.2. The molecule has 0 bridgehead atoms. The molecular formula is C25H32N6O. The molecule has 0 spiro atoms. The molecule has 2 N–H and O–H groups in total. The fourth-order valence-electron chi connectivity index (χ4n) is 4.13. The van der Waals surface area contributed by atoms with Crippen LogP contribution in [-0.4, -0.2) is 49.5 Å². The van der Waals surface area contributed by atoms with E-state index in [1.807, 2.05) is 36.3 Å². The molecule has 1 aliphatic heterocycles. The number of anilines is 1. The van der Waals surface area contributed by atoms with Crippen LogP contribution in [0.2, 0.25) is 0 Å². The molecule has 1 fully saturated rings. The minimum atomic E-state index is 0.576. The van der Waals surface area contributed by atoms with Gasteiger partial charge >= 0.3 is 0 Å². The summed E-state index contributed by atoms with van der Waals surface area (Å²) in [6.07, 6.45) is 4.96. The zero-order valence-corrected chi connectivity index (χ0v) is 18.9. The highest BCUT2D eigenvalue weighted by Gasteiger charge is 2.23. The Morgan fingerprint density at radius 2 is 2.00 bits per heavy atom. The molecule has 7 heteroatoms. The highest BCUT2D eigenvalue weighted by atomic mass is 16.5. The number of guanidine groups is 1. The Balaban J connectivity index is 1.27. The number of nitrogens with one attached hydrogen (secondary N) is 2. The molecule has 0 amide bonds. The van der Waals surface area contributed by atoms with Gasteiger partial charge in [0.15, 0.2) is 5.96 Å². The van der Waals surface area contributed by atoms with E-state index in [1.54, 1.807) is 7.11 Å². The number of hydrogen-bond acceptors (Lipinski definition) is 4. The monoisotopic (exact) mass is 432 g/mol. The number of hydrogen-bond donors (Lipinski definition) is 2. The molecule has 0 aliphatic carbocycles. The molecule has 168 valence electrons. The summed E-state index contributed by atoms with van der Waals surface area (Å²) >= 11 is 0. The van der Waals surface area contributed by atoms with E-state index >= 15 is 0 Å². The lowest BCUT2D eigenvalue weighted by Crippen LogP contribution is -2.40. The van der Waals surface area contributed by atoms with E-state index in [4.69, 9.17) is 4.74 Å². The summed E-state index contributed by atoms with van der Waals surface area (Å²) in [7, 11) is 3.53. The third-order valence-electron chi connectivity index (χ3n) is 5.94. The summed E-state index contributed by atoms with van der Waals surface area (Å²) in [5, 5.41) is 11.3. The minimum Gasteiger partial charge on any atom is -0.497 e. The van der Waals surface area contributed by atoms with Crippen molar-refractivity contribution in [2.75, 3.05) is 38.7 Å². The van der Waals surface area contributed by atoms with Crippen LogP contribution in [0.5, 0.6) is 5.75 Å². The summed E-state index contributed by atoms with van der Waals surface area (Å²) < 4.78 is 7.31. The third kappa shape index (κ3) is 5.60. The van der Waals surface area contributed by atoms with Crippen LogP contribution in [0.25, 0.3) is 0 Å². The molecule has 4 rings (SSSR count). The van der Waals surface area contributed by atoms with Crippen LogP contribution in [0.3, 0.4) is 0 Å². The van der Waals surface area contributed by atoms with Gasteiger partial charge in [-0.3, -0.25) is 9.67 Å². The molecule has 1 unspecified atom stereocenters. The summed E-state index contributed by atoms with van der Waals surface area (Å²) in [5.41, 5.74) is 3.73. The van der Waals surface area contributed by atoms with E-state index in [1.165, 1.54) is 16.8 Å². The SMILES string of the molecule is CN=C(NCc1ccccc1Cn1cccn1)NCC1CCN(c2cccc(OC)c2)C1. The maximum Gasteiger partial charge on any atom is 0.191 e. The van der Waals surface area contributed by atoms with Gasteiger partial charge in [0.25, 0.3) is 0 Å². The second-order valence-corrected chi connectivity index (χ2v) is 8.08. The number of nitrogens with zero attached hydrogens (tertiary/aromatic N) is 4. The Bertz CT molecular complexity index is 1020. The molecule has 0 radical (unpaired) electrons. The van der Waals surface area contributed by atoms with Crippen molar-refractivity contribution in [1.82, 2.24) is 20.4 Å². The maximum atomic E-state index is 5.37. The maximum absolute atomic E-state index is 5.37. The van der Waals surface area contributed by atoms with E-state index in [0.29, 0.717) is 5.92 Å². The molecule has 1 saturated heterocycles. The molecule has 3 aromatic rings. The van der Waals surface area contributed by atoms with Crippen molar-refractivity contribution >= 4 is 11.6 Å². The van der Waals surface area contributed by atoms with E-state index in [2.05, 4.69) is 68.1 Å². The zero-order valence-electron chi connectivity index (χ0n) is 18.9. The Morgan fingerprint density at radius 1 is 1.12 bits per heavy atom. The Morgan fingerprint density at radius 3 is 2.78 bits per heavy atom. The van der Waals surface area contributed by atoms with Gasteiger partial charge in [-0.2, -0.15) is 5.10 Å². The standard InChI is InChI=1S/C25H32N6O/c1-26-25(28-17-21-7-3-4-8-22(21)19-31-13-6-12-29-31)27-16-20-11-14-30(18-20)23-9-5-10-24(15-23)32-2/h3-10,12-13,15,20H,11,14,16-19H2,1-2H3,(H2,26,27,28). The summed E-state index contributed by atoms with van der Waals surface area (Å²) in [4.78, 5) is 6.84. The smallest absolute Gasteiger partial charge is 0.191 e. The Kier molecular flexibility index (Phi) is 7.27. The highest BCUT2D eigenvalue weighted by molar-refractivity contribution is 5.79. The quantitative estimate of drug-likeness (QED) is 0.423. The van der Waals surface area contributed by atoms with Crippen molar-refractivity contribution in [3.05, 3.63) is 78.1 Å². The van der Waals surface area contributed by atoms with Gasteiger partial charge in [0, 0.05) is 57.4 Å². The first-order chi connectivity index (χ1) is 15.7. The molecule has 2 aromatic carbocycles. The van der Waals surface area contributed by atoms with Gasteiger partial charge in [-0.15, -0.1) is 0 Å². The van der Waals surface area contributed by atoms with Crippen molar-refractivity contribution in [3.8, 4) is 5.75 Å². The van der Waals surface area contributed by atoms with E-state index in [-0.39, 0.29) is 0 Å². The van der Waals surface area contributed by atoms with Gasteiger partial charge < -0.3 is 20.3 Å². The van der Waals surface area contributed by atoms with Gasteiger partial charge in [-0.05, 0) is 41.7 Å². The number of rotatable bonds is 8. The van der Waals surface area contributed by atoms with Gasteiger partial charge in [-0.25, -0.2) is 0 Å². The van der Waals surface area contributed by atoms with E-state index < -0.39 is 0 Å². The molecule has 0 saturated carbocycles. The molecule has 7 nitrogen and oxygen atoms in total. The van der Waals surface area contributed by atoms with E-state index in [0.717, 1.165) is 50.9 Å². The summed E-state index contributed by atoms with van der Waals surface area (Å²) in [5.74, 6) is 2.31. The zero-order chi connectivity index (χ0) is 22.2. The van der Waals surface area contributed by atoms with Crippen LogP contribution in [-0.2, 0) is 13.1 Å². The second-order valence-electron chi connectivity index (χ2n) is 8.08. The van der Waals surface area contributed by atoms with Crippen molar-refractivity contribution in [2.24, 2.45) is 10.9 Å². The second kappa shape index (κ2) is 10.7. The third-order valence-corrected chi connectivity index (χ3v) is 5.94. The van der Waals surface area contributed by atoms with Crippen molar-refractivity contribution < 1.29 is 4.74 Å². The van der Waals surface area contributed by atoms with Gasteiger partial charge in [0.2, 0.25) is 0 Å². The lowest BCUT2D eigenvalue weighted by molar-refractivity contribution is 0.415. The first-order valence-corrected chi connectivity index (χ1v) is 11.1. The molecule has 2 heterocycles. The van der Waals surface area contributed by atoms with Crippen LogP contribution in [0.1, 0.15) is 17.5 Å². The topological polar surface area (TPSA) is 66.7 Å². The summed E-state index contributed by atoms with van der Waals surface area (Å²) in [6, 6.07) is 18.7. The number of aliphatic imine (C=N–C) groups is 1. The van der Waals surface area contributed by atoms with E-state index in [9.17, 15) is 0 Å². The van der Waals surface area contributed by atoms with Crippen molar-refractivity contribution in [3.63, 3.8) is 0 Å². The Labute approximate surface area is 190 Å². The lowest BCUT2D eigenvalue weighted by Gasteiger charge is -2.20. The van der Waals surface area contributed by atoms with Gasteiger partial charge in [0.05, 0.1) is 13.7 Å². The average Bonchev–Trinajstić information content (AvgIpc) is 3.52. The molecule has 1 aromatic heterocycles. The van der Waals surface area contributed by atoms with Gasteiger partial charge in [0.1, 0.15) is 5.75 Å². The number of benzene rings is 2. The average molecular weight is 433 g/mol. The van der Waals surface area contributed by atoms with Crippen LogP contribution in [0.15, 0.2) is 72.0 Å². The number of aromatic nitrogens is 2. The fraction of sp³-hybridized carbons (Fsp3) is 0.360. The molecule has 1 atom stereocenters. The number of ether oxygens (including phenoxy) is 1. The largest absolute Gasteiger partial charge is 0.497 e. The van der Waals surface area contributed by atoms with Crippen LogP contribution >= 0.6 is 0 Å². The van der Waals surface area contributed by atoms with Crippen LogP contribution in [0.4, 0.5) is 5.69 Å². The minimum absolute atomic E-state index is 0.576. The van der Waals surface area contributed by atoms with Crippen LogP contribution < -0.4 is 20.3 Å². The molecule has 1 aliphatic rings. The predicted octanol–water partition coefficient (Wildman–Crippen LogP) is 3.13. The fourth-order valence-corrected chi connectivity index (χ4v) is 4.13. The first kappa shape index (κ1) is 21.7. The van der Waals surface area contributed by atoms with Gasteiger partial charge in [-0.1, -0.05) is 30.3 Å². The summed E-state index contributed by atoms with van der Waals surface area (Å²) in [6.45, 7) is 4.47.